The second-order valence-corrected chi connectivity index (χ2v) is 4.98. The predicted molar refractivity (Wildman–Crippen MR) is 72.8 cm³/mol. The monoisotopic (exact) mass is 244 g/mol. The van der Waals surface area contributed by atoms with Gasteiger partial charge in [0.1, 0.15) is 0 Å². The summed E-state index contributed by atoms with van der Waals surface area (Å²) in [7, 11) is 0. The number of hydrogen-bond donors (Lipinski definition) is 0. The lowest BCUT2D eigenvalue weighted by molar-refractivity contribution is 0.0971. The number of aromatic nitrogens is 2. The molecule has 3 nitrogen and oxygen atoms in total. The summed E-state index contributed by atoms with van der Waals surface area (Å²) >= 11 is 0. The van der Waals surface area contributed by atoms with Gasteiger partial charge in [-0.05, 0) is 36.6 Å². The number of hydrogen-bond acceptors (Lipinski definition) is 2. The molecule has 0 radical (unpaired) electrons. The molecule has 0 atom stereocenters. The van der Waals surface area contributed by atoms with Gasteiger partial charge in [-0.15, -0.1) is 0 Å². The van der Waals surface area contributed by atoms with Crippen LogP contribution in [0.4, 0.5) is 0 Å². The molecular weight excluding hydrogens is 224 g/mol. The summed E-state index contributed by atoms with van der Waals surface area (Å²) in [4.78, 5) is 0. The van der Waals surface area contributed by atoms with Crippen LogP contribution >= 0.6 is 0 Å². The average Bonchev–Trinajstić information content (AvgIpc) is 2.76. The van der Waals surface area contributed by atoms with Crippen molar-refractivity contribution in [3.8, 4) is 5.69 Å². The molecule has 0 saturated carbocycles. The van der Waals surface area contributed by atoms with E-state index < -0.39 is 0 Å². The normalized spacial score (nSPS) is 11.1. The smallest absolute Gasteiger partial charge is 0.0717 e. The standard InChI is InChI=1S/C15H20N2O/c1-12(2)10-18-11-14-4-6-15(7-5-14)17-9-8-13(3)16-17/h4-9,12H,10-11H2,1-3H3. The predicted octanol–water partition coefficient (Wildman–Crippen LogP) is 3.35. The Balaban J connectivity index is 1.97. The van der Waals surface area contributed by atoms with E-state index >= 15 is 0 Å². The van der Waals surface area contributed by atoms with Crippen LogP contribution < -0.4 is 0 Å². The van der Waals surface area contributed by atoms with E-state index in [1.165, 1.54) is 5.56 Å². The minimum absolute atomic E-state index is 0.580. The molecule has 0 unspecified atom stereocenters. The third-order valence-electron chi connectivity index (χ3n) is 2.64. The van der Waals surface area contributed by atoms with Gasteiger partial charge in [-0.1, -0.05) is 26.0 Å². The molecule has 2 rings (SSSR count). The highest BCUT2D eigenvalue weighted by atomic mass is 16.5. The van der Waals surface area contributed by atoms with E-state index in [1.54, 1.807) is 0 Å². The Bertz CT molecular complexity index is 485. The first kappa shape index (κ1) is 12.8. The van der Waals surface area contributed by atoms with E-state index in [2.05, 4.69) is 43.2 Å². The Hall–Kier alpha value is -1.61. The second-order valence-electron chi connectivity index (χ2n) is 4.98. The van der Waals surface area contributed by atoms with Crippen LogP contribution in [-0.2, 0) is 11.3 Å². The highest BCUT2D eigenvalue weighted by Crippen LogP contribution is 2.10. The fraction of sp³-hybridized carbons (Fsp3) is 0.400. The summed E-state index contributed by atoms with van der Waals surface area (Å²) in [5.41, 5.74) is 3.30. The molecule has 0 bridgehead atoms. The van der Waals surface area contributed by atoms with Crippen molar-refractivity contribution in [1.82, 2.24) is 9.78 Å². The van der Waals surface area contributed by atoms with Crippen LogP contribution in [-0.4, -0.2) is 16.4 Å². The van der Waals surface area contributed by atoms with Gasteiger partial charge in [-0.25, -0.2) is 4.68 Å². The molecule has 0 fully saturated rings. The number of nitrogens with zero attached hydrogens (tertiary/aromatic N) is 2. The van der Waals surface area contributed by atoms with Crippen LogP contribution in [0.5, 0.6) is 0 Å². The Labute approximate surface area is 108 Å². The lowest BCUT2D eigenvalue weighted by Gasteiger charge is -2.07. The summed E-state index contributed by atoms with van der Waals surface area (Å²) in [5, 5.41) is 4.38. The molecule has 1 aromatic carbocycles. The SMILES string of the molecule is Cc1ccn(-c2ccc(COCC(C)C)cc2)n1. The number of rotatable bonds is 5. The molecule has 0 aliphatic heterocycles. The largest absolute Gasteiger partial charge is 0.377 e. The van der Waals surface area contributed by atoms with Crippen LogP contribution in [0.3, 0.4) is 0 Å². The first-order chi connectivity index (χ1) is 8.65. The van der Waals surface area contributed by atoms with Crippen LogP contribution in [0, 0.1) is 12.8 Å². The van der Waals surface area contributed by atoms with Crippen LogP contribution in [0.1, 0.15) is 25.1 Å². The maximum absolute atomic E-state index is 5.61. The van der Waals surface area contributed by atoms with Crippen LogP contribution in [0.25, 0.3) is 5.69 Å². The van der Waals surface area contributed by atoms with E-state index in [0.29, 0.717) is 12.5 Å². The van der Waals surface area contributed by atoms with Gasteiger partial charge in [0.15, 0.2) is 0 Å². The summed E-state index contributed by atoms with van der Waals surface area (Å²) in [6.07, 6.45) is 1.97. The molecule has 0 N–H and O–H groups in total. The molecule has 0 amide bonds. The van der Waals surface area contributed by atoms with Crippen molar-refractivity contribution in [3.05, 3.63) is 47.8 Å². The highest BCUT2D eigenvalue weighted by Gasteiger charge is 2.00. The highest BCUT2D eigenvalue weighted by molar-refractivity contribution is 5.33. The summed E-state index contributed by atoms with van der Waals surface area (Å²) in [6, 6.07) is 10.3. The van der Waals surface area contributed by atoms with Crippen molar-refractivity contribution in [2.24, 2.45) is 5.92 Å². The quantitative estimate of drug-likeness (QED) is 0.806. The van der Waals surface area contributed by atoms with E-state index in [4.69, 9.17) is 4.74 Å². The fourth-order valence-corrected chi connectivity index (χ4v) is 1.72. The van der Waals surface area contributed by atoms with Gasteiger partial charge in [-0.3, -0.25) is 0 Å². The van der Waals surface area contributed by atoms with Crippen molar-refractivity contribution < 1.29 is 4.74 Å². The number of ether oxygens (including phenoxy) is 1. The van der Waals surface area contributed by atoms with Gasteiger partial charge in [0, 0.05) is 12.8 Å². The van der Waals surface area contributed by atoms with Crippen molar-refractivity contribution >= 4 is 0 Å². The van der Waals surface area contributed by atoms with Gasteiger partial charge in [-0.2, -0.15) is 5.10 Å². The number of benzene rings is 1. The third kappa shape index (κ3) is 3.44. The summed E-state index contributed by atoms with van der Waals surface area (Å²) < 4.78 is 7.49. The minimum atomic E-state index is 0.580. The molecule has 0 saturated heterocycles. The van der Waals surface area contributed by atoms with Crippen molar-refractivity contribution in [2.45, 2.75) is 27.4 Å². The zero-order chi connectivity index (χ0) is 13.0. The minimum Gasteiger partial charge on any atom is -0.377 e. The van der Waals surface area contributed by atoms with Gasteiger partial charge >= 0.3 is 0 Å². The molecule has 0 aliphatic carbocycles. The Morgan fingerprint density at radius 1 is 1.17 bits per heavy atom. The summed E-state index contributed by atoms with van der Waals surface area (Å²) in [6.45, 7) is 7.79. The zero-order valence-electron chi connectivity index (χ0n) is 11.3. The van der Waals surface area contributed by atoms with Gasteiger partial charge in [0.2, 0.25) is 0 Å². The maximum Gasteiger partial charge on any atom is 0.0717 e. The Morgan fingerprint density at radius 2 is 1.89 bits per heavy atom. The molecule has 0 aliphatic rings. The van der Waals surface area contributed by atoms with E-state index in [1.807, 2.05) is 23.9 Å². The Morgan fingerprint density at radius 3 is 2.44 bits per heavy atom. The van der Waals surface area contributed by atoms with Gasteiger partial charge in [0.25, 0.3) is 0 Å². The molecule has 2 aromatic rings. The van der Waals surface area contributed by atoms with Crippen molar-refractivity contribution in [3.63, 3.8) is 0 Å². The van der Waals surface area contributed by atoms with Gasteiger partial charge < -0.3 is 4.74 Å². The molecule has 18 heavy (non-hydrogen) atoms. The average molecular weight is 244 g/mol. The lowest BCUT2D eigenvalue weighted by atomic mass is 10.2. The van der Waals surface area contributed by atoms with E-state index in [-0.39, 0.29) is 0 Å². The zero-order valence-corrected chi connectivity index (χ0v) is 11.3. The molecule has 3 heteroatoms. The molecule has 96 valence electrons. The molecular formula is C15H20N2O. The van der Waals surface area contributed by atoms with Crippen LogP contribution in [0.2, 0.25) is 0 Å². The lowest BCUT2D eigenvalue weighted by Crippen LogP contribution is -2.02. The fourth-order valence-electron chi connectivity index (χ4n) is 1.72. The van der Waals surface area contributed by atoms with Crippen LogP contribution in [0.15, 0.2) is 36.5 Å². The van der Waals surface area contributed by atoms with E-state index in [0.717, 1.165) is 18.0 Å². The summed E-state index contributed by atoms with van der Waals surface area (Å²) in [5.74, 6) is 0.580. The van der Waals surface area contributed by atoms with Crippen molar-refractivity contribution in [2.75, 3.05) is 6.61 Å². The first-order valence-corrected chi connectivity index (χ1v) is 6.34. The van der Waals surface area contributed by atoms with Crippen molar-refractivity contribution in [1.29, 1.82) is 0 Å². The maximum atomic E-state index is 5.61. The molecule has 0 spiro atoms. The Kier molecular flexibility index (Phi) is 4.15. The number of aryl methyl sites for hydroxylation is 1. The van der Waals surface area contributed by atoms with Gasteiger partial charge in [0.05, 0.1) is 18.0 Å². The molecule has 1 aromatic heterocycles. The topological polar surface area (TPSA) is 27.1 Å². The third-order valence-corrected chi connectivity index (χ3v) is 2.64. The van der Waals surface area contributed by atoms with E-state index in [9.17, 15) is 0 Å². The second kappa shape index (κ2) is 5.83. The molecule has 1 heterocycles. The first-order valence-electron chi connectivity index (χ1n) is 6.34.